The second-order valence-corrected chi connectivity index (χ2v) is 5.99. The minimum absolute atomic E-state index is 0.124. The van der Waals surface area contributed by atoms with E-state index in [-0.39, 0.29) is 18.1 Å². The summed E-state index contributed by atoms with van der Waals surface area (Å²) < 4.78 is 11.5. The van der Waals surface area contributed by atoms with Gasteiger partial charge in [-0.25, -0.2) is 0 Å². The molecule has 0 aliphatic carbocycles. The molecule has 0 rings (SSSR count). The number of amides is 1. The van der Waals surface area contributed by atoms with E-state index in [9.17, 15) is 13.8 Å². The molecule has 0 saturated heterocycles. The first-order chi connectivity index (χ1) is 7.32. The van der Waals surface area contributed by atoms with Crippen LogP contribution in [0.15, 0.2) is 0 Å². The van der Waals surface area contributed by atoms with E-state index in [2.05, 4.69) is 5.32 Å². The molecule has 2 N–H and O–H groups in total. The molecular formula is C10H19NO4S. The lowest BCUT2D eigenvalue weighted by Gasteiger charge is -2.10. The van der Waals surface area contributed by atoms with E-state index in [1.54, 1.807) is 6.92 Å². The Balaban J connectivity index is 3.94. The normalized spacial score (nSPS) is 14.5. The lowest BCUT2D eigenvalue weighted by atomic mass is 10.2. The molecule has 2 atom stereocenters. The summed E-state index contributed by atoms with van der Waals surface area (Å²) in [6, 6.07) is 0. The predicted molar refractivity (Wildman–Crippen MR) is 62.6 cm³/mol. The third-order valence-electron chi connectivity index (χ3n) is 1.89. The number of carboxylic acids is 1. The molecule has 0 aromatic heterocycles. The van der Waals surface area contributed by atoms with Crippen molar-refractivity contribution >= 4 is 22.7 Å². The predicted octanol–water partition coefficient (Wildman–Crippen LogP) is 0.370. The number of hydrogen-bond acceptors (Lipinski definition) is 3. The highest BCUT2D eigenvalue weighted by Gasteiger charge is 2.17. The van der Waals surface area contributed by atoms with Crippen molar-refractivity contribution in [2.24, 2.45) is 5.92 Å². The molecule has 0 saturated carbocycles. The summed E-state index contributed by atoms with van der Waals surface area (Å²) in [6.07, 6.45) is -0.177. The van der Waals surface area contributed by atoms with Crippen molar-refractivity contribution in [3.63, 3.8) is 0 Å². The van der Waals surface area contributed by atoms with Crippen LogP contribution < -0.4 is 5.32 Å². The van der Waals surface area contributed by atoms with Crippen LogP contribution in [0.3, 0.4) is 0 Å². The number of carbonyl (C=O) groups excluding carboxylic acids is 1. The highest BCUT2D eigenvalue weighted by molar-refractivity contribution is 7.86. The Morgan fingerprint density at radius 2 is 1.88 bits per heavy atom. The van der Waals surface area contributed by atoms with Crippen molar-refractivity contribution in [1.29, 1.82) is 0 Å². The first kappa shape index (κ1) is 15.1. The van der Waals surface area contributed by atoms with E-state index in [0.29, 0.717) is 12.5 Å². The Morgan fingerprint density at radius 1 is 1.31 bits per heavy atom. The summed E-state index contributed by atoms with van der Waals surface area (Å²) in [4.78, 5) is 21.7. The average Bonchev–Trinajstić information content (AvgIpc) is 2.13. The SMILES string of the molecule is CC(C)CNC(=O)CS(=O)C(C)CC(=O)O. The summed E-state index contributed by atoms with van der Waals surface area (Å²) in [7, 11) is -1.42. The molecule has 0 heterocycles. The Kier molecular flexibility index (Phi) is 6.96. The highest BCUT2D eigenvalue weighted by atomic mass is 32.2. The molecule has 0 fully saturated rings. The molecule has 94 valence electrons. The summed E-state index contributed by atoms with van der Waals surface area (Å²) in [5.74, 6) is -1.07. The van der Waals surface area contributed by atoms with Gasteiger partial charge in [-0.05, 0) is 5.92 Å². The van der Waals surface area contributed by atoms with Gasteiger partial charge < -0.3 is 10.4 Å². The van der Waals surface area contributed by atoms with E-state index in [1.165, 1.54) is 0 Å². The van der Waals surface area contributed by atoms with Crippen molar-refractivity contribution in [3.05, 3.63) is 0 Å². The summed E-state index contributed by atoms with van der Waals surface area (Å²) >= 11 is 0. The second-order valence-electron chi connectivity index (χ2n) is 4.13. The summed E-state index contributed by atoms with van der Waals surface area (Å²) in [6.45, 7) is 6.04. The lowest BCUT2D eigenvalue weighted by Crippen LogP contribution is -2.33. The molecule has 1 amide bonds. The molecule has 2 unspecified atom stereocenters. The van der Waals surface area contributed by atoms with Gasteiger partial charge >= 0.3 is 5.97 Å². The minimum Gasteiger partial charge on any atom is -0.481 e. The Hall–Kier alpha value is -0.910. The van der Waals surface area contributed by atoms with E-state index >= 15 is 0 Å². The standard InChI is InChI=1S/C10H19NO4S/c1-7(2)5-11-9(12)6-16(15)8(3)4-10(13)14/h7-8H,4-6H2,1-3H3,(H,11,12)(H,13,14). The molecule has 0 radical (unpaired) electrons. The largest absolute Gasteiger partial charge is 0.481 e. The van der Waals surface area contributed by atoms with Gasteiger partial charge in [-0.3, -0.25) is 13.8 Å². The Labute approximate surface area is 98.1 Å². The zero-order valence-corrected chi connectivity index (χ0v) is 10.7. The van der Waals surface area contributed by atoms with Crippen LogP contribution in [-0.4, -0.2) is 38.7 Å². The molecule has 5 nitrogen and oxygen atoms in total. The van der Waals surface area contributed by atoms with Crippen LogP contribution in [0.4, 0.5) is 0 Å². The first-order valence-electron chi connectivity index (χ1n) is 5.18. The molecule has 16 heavy (non-hydrogen) atoms. The van der Waals surface area contributed by atoms with Gasteiger partial charge in [0.25, 0.3) is 0 Å². The number of aliphatic carboxylic acids is 1. The smallest absolute Gasteiger partial charge is 0.304 e. The number of nitrogens with one attached hydrogen (secondary N) is 1. The number of carboxylic acid groups (broad SMARTS) is 1. The Morgan fingerprint density at radius 3 is 2.31 bits per heavy atom. The second kappa shape index (κ2) is 7.38. The van der Waals surface area contributed by atoms with Crippen LogP contribution in [0.25, 0.3) is 0 Å². The molecule has 0 aromatic carbocycles. The monoisotopic (exact) mass is 249 g/mol. The summed E-state index contributed by atoms with van der Waals surface area (Å²) in [5, 5.41) is 10.7. The van der Waals surface area contributed by atoms with Crippen molar-refractivity contribution in [2.75, 3.05) is 12.3 Å². The maximum Gasteiger partial charge on any atom is 0.304 e. The topological polar surface area (TPSA) is 83.5 Å². The molecule has 0 bridgehead atoms. The van der Waals surface area contributed by atoms with Crippen LogP contribution >= 0.6 is 0 Å². The van der Waals surface area contributed by atoms with Gasteiger partial charge in [-0.2, -0.15) is 0 Å². The zero-order valence-electron chi connectivity index (χ0n) is 9.86. The molecule has 0 aromatic rings. The molecule has 0 spiro atoms. The van der Waals surface area contributed by atoms with E-state index in [1.807, 2.05) is 13.8 Å². The number of rotatable bonds is 7. The highest BCUT2D eigenvalue weighted by Crippen LogP contribution is 2.01. The van der Waals surface area contributed by atoms with Gasteiger partial charge in [0.1, 0.15) is 5.75 Å². The molecule has 0 aliphatic heterocycles. The van der Waals surface area contributed by atoms with Gasteiger partial charge in [0, 0.05) is 22.6 Å². The third kappa shape index (κ3) is 7.39. The lowest BCUT2D eigenvalue weighted by molar-refractivity contribution is -0.137. The van der Waals surface area contributed by atoms with Crippen molar-refractivity contribution < 1.29 is 18.9 Å². The van der Waals surface area contributed by atoms with E-state index in [4.69, 9.17) is 5.11 Å². The first-order valence-corrected chi connectivity index (χ1v) is 6.56. The fourth-order valence-corrected chi connectivity index (χ4v) is 1.95. The molecular weight excluding hydrogens is 230 g/mol. The van der Waals surface area contributed by atoms with Gasteiger partial charge in [0.15, 0.2) is 0 Å². The van der Waals surface area contributed by atoms with E-state index < -0.39 is 22.0 Å². The van der Waals surface area contributed by atoms with Crippen LogP contribution in [-0.2, 0) is 20.4 Å². The minimum atomic E-state index is -1.42. The van der Waals surface area contributed by atoms with E-state index in [0.717, 1.165) is 0 Å². The average molecular weight is 249 g/mol. The van der Waals surface area contributed by atoms with Crippen LogP contribution in [0.1, 0.15) is 27.2 Å². The quantitative estimate of drug-likeness (QED) is 0.683. The zero-order chi connectivity index (χ0) is 12.7. The fraction of sp³-hybridized carbons (Fsp3) is 0.800. The Bertz CT molecular complexity index is 278. The maximum atomic E-state index is 11.5. The van der Waals surface area contributed by atoms with Crippen LogP contribution in [0.5, 0.6) is 0 Å². The van der Waals surface area contributed by atoms with Crippen molar-refractivity contribution in [2.45, 2.75) is 32.4 Å². The van der Waals surface area contributed by atoms with Gasteiger partial charge in [-0.1, -0.05) is 20.8 Å². The third-order valence-corrected chi connectivity index (χ3v) is 3.50. The van der Waals surface area contributed by atoms with Crippen molar-refractivity contribution in [1.82, 2.24) is 5.32 Å². The van der Waals surface area contributed by atoms with Gasteiger partial charge in [-0.15, -0.1) is 0 Å². The number of hydrogen-bond donors (Lipinski definition) is 2. The summed E-state index contributed by atoms with van der Waals surface area (Å²) in [5.41, 5.74) is 0. The van der Waals surface area contributed by atoms with Crippen LogP contribution in [0.2, 0.25) is 0 Å². The van der Waals surface area contributed by atoms with Crippen molar-refractivity contribution in [3.8, 4) is 0 Å². The fourth-order valence-electron chi connectivity index (χ4n) is 0.979. The molecule has 0 aliphatic rings. The maximum absolute atomic E-state index is 11.5. The van der Waals surface area contributed by atoms with Crippen LogP contribution in [0, 0.1) is 5.92 Å². The molecule has 6 heteroatoms. The van der Waals surface area contributed by atoms with Gasteiger partial charge in [0.2, 0.25) is 5.91 Å². The van der Waals surface area contributed by atoms with Gasteiger partial charge in [0.05, 0.1) is 6.42 Å². The number of carbonyl (C=O) groups is 2.